The molecular weight excluding hydrogens is 428 g/mol. The Morgan fingerprint density at radius 2 is 2.28 bits per heavy atom. The first-order valence-electron chi connectivity index (χ1n) is 10.5. The maximum atomic E-state index is 12.7. The van der Waals surface area contributed by atoms with Crippen LogP contribution in [-0.2, 0) is 17.6 Å². The van der Waals surface area contributed by atoms with E-state index in [1.54, 1.807) is 42.9 Å². The maximum Gasteiger partial charge on any atom is 0.225 e. The van der Waals surface area contributed by atoms with Crippen molar-refractivity contribution in [2.24, 2.45) is 5.92 Å². The first-order chi connectivity index (χ1) is 15.6. The van der Waals surface area contributed by atoms with Crippen molar-refractivity contribution < 1.29 is 14.6 Å². The molecule has 5 rings (SSSR count). The van der Waals surface area contributed by atoms with E-state index < -0.39 is 0 Å². The molecule has 0 bridgehead atoms. The van der Waals surface area contributed by atoms with Crippen LogP contribution in [0.25, 0.3) is 21.1 Å². The van der Waals surface area contributed by atoms with Gasteiger partial charge in [-0.2, -0.15) is 5.10 Å². The number of aliphatic hydroxyl groups is 1. The molecule has 0 aliphatic heterocycles. The number of aryl methyl sites for hydroxylation is 1. The second-order valence-corrected chi connectivity index (χ2v) is 9.05. The zero-order valence-corrected chi connectivity index (χ0v) is 18.7. The predicted octanol–water partition coefficient (Wildman–Crippen LogP) is 2.88. The molecule has 32 heavy (non-hydrogen) atoms. The normalized spacial score (nSPS) is 15.7. The van der Waals surface area contributed by atoms with Crippen molar-refractivity contribution in [2.45, 2.75) is 19.3 Å². The number of rotatable bonds is 6. The molecule has 4 aromatic rings. The summed E-state index contributed by atoms with van der Waals surface area (Å²) in [5.74, 6) is 1.44. The zero-order valence-electron chi connectivity index (χ0n) is 17.9. The molecule has 10 heteroatoms. The van der Waals surface area contributed by atoms with E-state index in [1.807, 2.05) is 12.1 Å². The molecule has 3 N–H and O–H groups in total. The largest absolute Gasteiger partial charge is 0.494 e. The Kier molecular flexibility index (Phi) is 5.40. The van der Waals surface area contributed by atoms with Crippen molar-refractivity contribution >= 4 is 49.9 Å². The molecule has 1 atom stereocenters. The number of aliphatic hydroxyl groups excluding tert-OH is 1. The van der Waals surface area contributed by atoms with E-state index in [4.69, 9.17) is 9.84 Å². The molecular formula is C22H24N6O3S. The molecule has 3 aromatic heterocycles. The number of benzene rings is 1. The van der Waals surface area contributed by atoms with Gasteiger partial charge in [0.15, 0.2) is 0 Å². The van der Waals surface area contributed by atoms with Gasteiger partial charge in [-0.05, 0) is 30.9 Å². The summed E-state index contributed by atoms with van der Waals surface area (Å²) in [6, 6.07) is 3.89. The van der Waals surface area contributed by atoms with E-state index in [9.17, 15) is 4.79 Å². The second-order valence-electron chi connectivity index (χ2n) is 7.96. The third-order valence-corrected chi connectivity index (χ3v) is 7.18. The number of ether oxygens (including phenoxy) is 1. The van der Waals surface area contributed by atoms with Gasteiger partial charge in [0.2, 0.25) is 5.91 Å². The average Bonchev–Trinajstić information content (AvgIpc) is 3.41. The number of anilines is 2. The van der Waals surface area contributed by atoms with E-state index >= 15 is 0 Å². The van der Waals surface area contributed by atoms with Crippen LogP contribution in [-0.4, -0.2) is 63.4 Å². The number of carbonyl (C=O) groups is 1. The van der Waals surface area contributed by atoms with Gasteiger partial charge in [-0.15, -0.1) is 11.3 Å². The summed E-state index contributed by atoms with van der Waals surface area (Å²) in [4.78, 5) is 25.5. The quantitative estimate of drug-likeness (QED) is 0.412. The van der Waals surface area contributed by atoms with Crippen LogP contribution >= 0.6 is 11.3 Å². The number of methoxy groups -OCH3 is 1. The Bertz CT molecular complexity index is 1300. The van der Waals surface area contributed by atoms with Gasteiger partial charge in [0.1, 0.15) is 22.7 Å². The fraction of sp³-hybridized carbons (Fsp3) is 0.364. The van der Waals surface area contributed by atoms with E-state index in [0.717, 1.165) is 45.5 Å². The monoisotopic (exact) mass is 452 g/mol. The van der Waals surface area contributed by atoms with Crippen LogP contribution in [0.2, 0.25) is 0 Å². The summed E-state index contributed by atoms with van der Waals surface area (Å²) < 4.78 is 5.57. The standard InChI is InChI=1S/C22H24N6O3S/c1-28(5-6-29)22(30)12-3-4-14-18(8-12)32-21-19(14)20(23-11-24-21)26-16-7-13-10-25-27-15(13)9-17(16)31-2/h7,9-12,29H,3-6,8H2,1-2H3,(H,25,27)(H,23,24,26)/t12-/m0/s1. The summed E-state index contributed by atoms with van der Waals surface area (Å²) in [5, 5.41) is 21.6. The van der Waals surface area contributed by atoms with Crippen LogP contribution in [0.5, 0.6) is 5.75 Å². The van der Waals surface area contributed by atoms with Gasteiger partial charge in [0.25, 0.3) is 0 Å². The van der Waals surface area contributed by atoms with Gasteiger partial charge < -0.3 is 20.1 Å². The van der Waals surface area contributed by atoms with Gasteiger partial charge in [0.05, 0.1) is 36.5 Å². The minimum absolute atomic E-state index is 0.0260. The van der Waals surface area contributed by atoms with Crippen molar-refractivity contribution in [3.63, 3.8) is 0 Å². The third kappa shape index (κ3) is 3.55. The minimum atomic E-state index is -0.0694. The number of thiophene rings is 1. The number of amides is 1. The van der Waals surface area contributed by atoms with Gasteiger partial charge in [0, 0.05) is 35.8 Å². The highest BCUT2D eigenvalue weighted by Gasteiger charge is 2.30. The number of carbonyl (C=O) groups excluding carboxylic acids is 1. The summed E-state index contributed by atoms with van der Waals surface area (Å²) in [6.45, 7) is 0.332. The number of aromatic amines is 1. The molecule has 0 unspecified atom stereocenters. The van der Waals surface area contributed by atoms with Gasteiger partial charge in [-0.3, -0.25) is 9.89 Å². The Morgan fingerprint density at radius 3 is 3.09 bits per heavy atom. The van der Waals surface area contributed by atoms with E-state index in [0.29, 0.717) is 18.7 Å². The van der Waals surface area contributed by atoms with Crippen LogP contribution in [0.3, 0.4) is 0 Å². The van der Waals surface area contributed by atoms with Crippen molar-refractivity contribution in [1.29, 1.82) is 0 Å². The summed E-state index contributed by atoms with van der Waals surface area (Å²) in [6.07, 6.45) is 5.58. The van der Waals surface area contributed by atoms with Crippen LogP contribution in [0.4, 0.5) is 11.5 Å². The predicted molar refractivity (Wildman–Crippen MR) is 124 cm³/mol. The van der Waals surface area contributed by atoms with Crippen LogP contribution < -0.4 is 10.1 Å². The first-order valence-corrected chi connectivity index (χ1v) is 11.3. The van der Waals surface area contributed by atoms with E-state index in [2.05, 4.69) is 25.5 Å². The summed E-state index contributed by atoms with van der Waals surface area (Å²) in [7, 11) is 3.38. The van der Waals surface area contributed by atoms with Gasteiger partial charge >= 0.3 is 0 Å². The molecule has 9 nitrogen and oxygen atoms in total. The highest BCUT2D eigenvalue weighted by molar-refractivity contribution is 7.19. The van der Waals surface area contributed by atoms with Crippen molar-refractivity contribution in [3.8, 4) is 5.75 Å². The van der Waals surface area contributed by atoms with Crippen molar-refractivity contribution in [1.82, 2.24) is 25.1 Å². The maximum absolute atomic E-state index is 12.7. The number of hydrogen-bond acceptors (Lipinski definition) is 8. The molecule has 1 amide bonds. The molecule has 1 aliphatic rings. The Hall–Kier alpha value is -3.24. The molecule has 166 valence electrons. The fourth-order valence-electron chi connectivity index (χ4n) is 4.35. The number of H-pyrrole nitrogens is 1. The molecule has 0 spiro atoms. The molecule has 0 radical (unpaired) electrons. The highest BCUT2D eigenvalue weighted by atomic mass is 32.1. The second kappa shape index (κ2) is 8.36. The summed E-state index contributed by atoms with van der Waals surface area (Å²) in [5.41, 5.74) is 2.91. The number of hydrogen-bond donors (Lipinski definition) is 3. The SMILES string of the molecule is COc1cc2[nH]ncc2cc1Nc1ncnc2sc3c(c12)CC[C@H](C(=O)N(C)CCO)C3. The first kappa shape index (κ1) is 20.7. The van der Waals surface area contributed by atoms with Crippen LogP contribution in [0.1, 0.15) is 16.9 Å². The van der Waals surface area contributed by atoms with Gasteiger partial charge in [-0.1, -0.05) is 0 Å². The lowest BCUT2D eigenvalue weighted by molar-refractivity contribution is -0.135. The Balaban J connectivity index is 1.49. The number of nitrogens with zero attached hydrogens (tertiary/aromatic N) is 4. The lowest BCUT2D eigenvalue weighted by atomic mass is 9.87. The van der Waals surface area contributed by atoms with Gasteiger partial charge in [-0.25, -0.2) is 9.97 Å². The Morgan fingerprint density at radius 1 is 1.41 bits per heavy atom. The topological polar surface area (TPSA) is 116 Å². The summed E-state index contributed by atoms with van der Waals surface area (Å²) >= 11 is 1.63. The molecule has 1 aliphatic carbocycles. The average molecular weight is 453 g/mol. The lowest BCUT2D eigenvalue weighted by Crippen LogP contribution is -2.37. The van der Waals surface area contributed by atoms with Crippen LogP contribution in [0, 0.1) is 5.92 Å². The van der Waals surface area contributed by atoms with Crippen molar-refractivity contribution in [3.05, 3.63) is 35.1 Å². The lowest BCUT2D eigenvalue weighted by Gasteiger charge is -2.26. The molecule has 0 saturated heterocycles. The van der Waals surface area contributed by atoms with E-state index in [-0.39, 0.29) is 18.4 Å². The van der Waals surface area contributed by atoms with Crippen molar-refractivity contribution in [2.75, 3.05) is 32.6 Å². The van der Waals surface area contributed by atoms with E-state index in [1.165, 1.54) is 10.4 Å². The molecule has 1 aromatic carbocycles. The highest BCUT2D eigenvalue weighted by Crippen LogP contribution is 2.41. The zero-order chi connectivity index (χ0) is 22.2. The number of fused-ring (bicyclic) bond motifs is 4. The number of likely N-dealkylation sites (N-methyl/N-ethyl adjacent to an activating group) is 1. The number of nitrogens with one attached hydrogen (secondary N) is 2. The molecule has 0 saturated carbocycles. The number of aromatic nitrogens is 4. The third-order valence-electron chi connectivity index (χ3n) is 6.02. The minimum Gasteiger partial charge on any atom is -0.494 e. The molecule has 0 fully saturated rings. The Labute approximate surface area is 188 Å². The fourth-order valence-corrected chi connectivity index (χ4v) is 5.62. The molecule has 3 heterocycles. The smallest absolute Gasteiger partial charge is 0.225 e. The van der Waals surface area contributed by atoms with Crippen LogP contribution in [0.15, 0.2) is 24.7 Å².